The molecule has 0 saturated heterocycles. The van der Waals surface area contributed by atoms with E-state index in [1.165, 1.54) is 0 Å². The highest BCUT2D eigenvalue weighted by Gasteiger charge is 2.24. The Morgan fingerprint density at radius 3 is 2.50 bits per heavy atom. The van der Waals surface area contributed by atoms with Crippen LogP contribution in [0.4, 0.5) is 0 Å². The lowest BCUT2D eigenvalue weighted by atomic mass is 9.96. The molecule has 0 bridgehead atoms. The Morgan fingerprint density at radius 2 is 2.08 bits per heavy atom. The zero-order valence-electron chi connectivity index (χ0n) is 7.80. The predicted octanol–water partition coefficient (Wildman–Crippen LogP) is 0.722. The van der Waals surface area contributed by atoms with Gasteiger partial charge in [0.1, 0.15) is 0 Å². The van der Waals surface area contributed by atoms with Crippen molar-refractivity contribution in [2.24, 2.45) is 11.5 Å². The van der Waals surface area contributed by atoms with Gasteiger partial charge >= 0.3 is 0 Å². The van der Waals surface area contributed by atoms with Crippen LogP contribution >= 0.6 is 11.8 Å². The summed E-state index contributed by atoms with van der Waals surface area (Å²) in [5.41, 5.74) is 9.96. The Bertz CT molecular complexity index is 148. The third-order valence-electron chi connectivity index (χ3n) is 1.86. The maximum atomic E-state index is 10.8. The molecule has 1 atom stereocenters. The number of thioether (sulfide) groups is 1. The first-order valence-corrected chi connectivity index (χ1v) is 5.48. The van der Waals surface area contributed by atoms with Crippen molar-refractivity contribution in [3.8, 4) is 0 Å². The molecule has 0 spiro atoms. The van der Waals surface area contributed by atoms with Gasteiger partial charge in [0.2, 0.25) is 5.91 Å². The number of nitrogens with two attached hydrogens (primary N) is 2. The van der Waals surface area contributed by atoms with Crippen LogP contribution in [-0.2, 0) is 4.79 Å². The van der Waals surface area contributed by atoms with E-state index in [-0.39, 0.29) is 0 Å². The van der Waals surface area contributed by atoms with E-state index >= 15 is 0 Å². The predicted molar refractivity (Wildman–Crippen MR) is 54.0 cm³/mol. The fraction of sp³-hybridized carbons (Fsp3) is 0.875. The first-order valence-electron chi connectivity index (χ1n) is 4.08. The molecule has 0 aliphatic heterocycles. The van der Waals surface area contributed by atoms with E-state index in [4.69, 9.17) is 11.5 Å². The van der Waals surface area contributed by atoms with Gasteiger partial charge in [-0.15, -0.1) is 0 Å². The van der Waals surface area contributed by atoms with Gasteiger partial charge in [0.15, 0.2) is 0 Å². The molecule has 12 heavy (non-hydrogen) atoms. The Morgan fingerprint density at radius 1 is 1.50 bits per heavy atom. The molecule has 4 heteroatoms. The number of hydrogen-bond acceptors (Lipinski definition) is 3. The smallest absolute Gasteiger partial charge is 0.237 e. The van der Waals surface area contributed by atoms with Crippen LogP contribution < -0.4 is 11.5 Å². The van der Waals surface area contributed by atoms with Gasteiger partial charge in [-0.2, -0.15) is 11.8 Å². The molecule has 0 heterocycles. The summed E-state index contributed by atoms with van der Waals surface area (Å²) in [5.74, 6) is 0.709. The fourth-order valence-corrected chi connectivity index (χ4v) is 1.35. The molecule has 3 nitrogen and oxygen atoms in total. The Hall–Kier alpha value is -0.220. The van der Waals surface area contributed by atoms with Gasteiger partial charge in [-0.05, 0) is 31.8 Å². The summed E-state index contributed by atoms with van der Waals surface area (Å²) in [6.07, 6.45) is 4.82. The number of amides is 1. The van der Waals surface area contributed by atoms with Gasteiger partial charge in [0.25, 0.3) is 0 Å². The summed E-state index contributed by atoms with van der Waals surface area (Å²) in [6.45, 7) is 1.69. The highest BCUT2D eigenvalue weighted by Crippen LogP contribution is 2.11. The monoisotopic (exact) mass is 190 g/mol. The molecular formula is C8H18N2OS. The van der Waals surface area contributed by atoms with E-state index in [0.717, 1.165) is 18.6 Å². The van der Waals surface area contributed by atoms with Crippen molar-refractivity contribution in [2.45, 2.75) is 31.7 Å². The quantitative estimate of drug-likeness (QED) is 0.606. The Kier molecular flexibility index (Phi) is 5.33. The topological polar surface area (TPSA) is 69.1 Å². The molecular weight excluding hydrogens is 172 g/mol. The minimum atomic E-state index is -0.821. The van der Waals surface area contributed by atoms with Crippen molar-refractivity contribution in [1.82, 2.24) is 0 Å². The van der Waals surface area contributed by atoms with Crippen molar-refractivity contribution in [3.63, 3.8) is 0 Å². The summed E-state index contributed by atoms with van der Waals surface area (Å²) < 4.78 is 0. The Labute approximate surface area is 78.3 Å². The third-order valence-corrected chi connectivity index (χ3v) is 2.55. The molecule has 0 aromatic carbocycles. The van der Waals surface area contributed by atoms with Crippen LogP contribution in [0.2, 0.25) is 0 Å². The van der Waals surface area contributed by atoms with E-state index in [1.807, 2.05) is 0 Å². The van der Waals surface area contributed by atoms with Crippen LogP contribution in [-0.4, -0.2) is 23.5 Å². The molecule has 0 fully saturated rings. The molecule has 1 unspecified atom stereocenters. The molecule has 1 amide bonds. The van der Waals surface area contributed by atoms with Crippen LogP contribution in [0.1, 0.15) is 26.2 Å². The van der Waals surface area contributed by atoms with Crippen LogP contribution in [0.25, 0.3) is 0 Å². The average Bonchev–Trinajstić information content (AvgIpc) is 1.98. The second-order valence-electron chi connectivity index (χ2n) is 3.23. The lowest BCUT2D eigenvalue weighted by Gasteiger charge is -2.19. The van der Waals surface area contributed by atoms with Gasteiger partial charge in [-0.25, -0.2) is 0 Å². The van der Waals surface area contributed by atoms with Crippen molar-refractivity contribution >= 4 is 17.7 Å². The maximum absolute atomic E-state index is 10.8. The molecule has 0 aromatic rings. The zero-order valence-corrected chi connectivity index (χ0v) is 8.62. The summed E-state index contributed by atoms with van der Waals surface area (Å²) >= 11 is 1.80. The minimum absolute atomic E-state index is 0.411. The van der Waals surface area contributed by atoms with E-state index in [1.54, 1.807) is 18.7 Å². The first kappa shape index (κ1) is 11.8. The van der Waals surface area contributed by atoms with Crippen LogP contribution in [0, 0.1) is 0 Å². The minimum Gasteiger partial charge on any atom is -0.368 e. The van der Waals surface area contributed by atoms with Crippen LogP contribution in [0.3, 0.4) is 0 Å². The normalized spacial score (nSPS) is 15.6. The van der Waals surface area contributed by atoms with Gasteiger partial charge in [-0.3, -0.25) is 4.79 Å². The lowest BCUT2D eigenvalue weighted by molar-refractivity contribution is -0.122. The number of carbonyl (C=O) groups excluding carboxylic acids is 1. The van der Waals surface area contributed by atoms with E-state index in [0.29, 0.717) is 6.42 Å². The highest BCUT2D eigenvalue weighted by molar-refractivity contribution is 7.98. The van der Waals surface area contributed by atoms with Crippen LogP contribution in [0.5, 0.6) is 0 Å². The van der Waals surface area contributed by atoms with Gasteiger partial charge < -0.3 is 11.5 Å². The number of primary amides is 1. The number of unbranched alkanes of at least 4 members (excludes halogenated alkanes) is 1. The fourth-order valence-electron chi connectivity index (χ4n) is 0.862. The molecule has 72 valence electrons. The molecule has 0 saturated carbocycles. The molecule has 0 aliphatic carbocycles. The molecule has 0 aliphatic rings. The SMILES string of the molecule is CSCCCCC(C)(N)C(N)=O. The zero-order chi connectivity index (χ0) is 9.61. The largest absolute Gasteiger partial charge is 0.368 e. The van der Waals surface area contributed by atoms with Gasteiger partial charge in [0.05, 0.1) is 5.54 Å². The standard InChI is InChI=1S/C8H18N2OS/c1-8(10,7(9)11)5-3-4-6-12-2/h3-6,10H2,1-2H3,(H2,9,11). The summed E-state index contributed by atoms with van der Waals surface area (Å²) in [6, 6.07) is 0. The van der Waals surface area contributed by atoms with Crippen LogP contribution in [0.15, 0.2) is 0 Å². The third kappa shape index (κ3) is 4.62. The lowest BCUT2D eigenvalue weighted by Crippen LogP contribution is -2.49. The highest BCUT2D eigenvalue weighted by atomic mass is 32.2. The van der Waals surface area contributed by atoms with Crippen molar-refractivity contribution in [3.05, 3.63) is 0 Å². The number of rotatable bonds is 6. The number of carbonyl (C=O) groups is 1. The van der Waals surface area contributed by atoms with Crippen molar-refractivity contribution in [2.75, 3.05) is 12.0 Å². The van der Waals surface area contributed by atoms with Gasteiger partial charge in [0, 0.05) is 0 Å². The summed E-state index contributed by atoms with van der Waals surface area (Å²) in [4.78, 5) is 10.8. The Balaban J connectivity index is 3.54. The summed E-state index contributed by atoms with van der Waals surface area (Å²) in [5, 5.41) is 0. The average molecular weight is 190 g/mol. The van der Waals surface area contributed by atoms with E-state index in [2.05, 4.69) is 6.26 Å². The van der Waals surface area contributed by atoms with Gasteiger partial charge in [-0.1, -0.05) is 6.42 Å². The molecule has 0 aromatic heterocycles. The maximum Gasteiger partial charge on any atom is 0.237 e. The number of hydrogen-bond donors (Lipinski definition) is 2. The van der Waals surface area contributed by atoms with E-state index < -0.39 is 11.4 Å². The van der Waals surface area contributed by atoms with Crippen molar-refractivity contribution in [1.29, 1.82) is 0 Å². The first-order chi connectivity index (χ1) is 5.50. The molecule has 0 rings (SSSR count). The van der Waals surface area contributed by atoms with Crippen molar-refractivity contribution < 1.29 is 4.79 Å². The molecule has 0 radical (unpaired) electrons. The second-order valence-corrected chi connectivity index (χ2v) is 4.22. The second kappa shape index (κ2) is 5.43. The summed E-state index contributed by atoms with van der Waals surface area (Å²) in [7, 11) is 0. The van der Waals surface area contributed by atoms with E-state index in [9.17, 15) is 4.79 Å². The molecule has 4 N–H and O–H groups in total.